The summed E-state index contributed by atoms with van der Waals surface area (Å²) in [7, 11) is 0. The number of hydrogen-bond donors (Lipinski definition) is 2. The first-order valence-corrected chi connectivity index (χ1v) is 6.70. The highest BCUT2D eigenvalue weighted by Crippen LogP contribution is 2.27. The average Bonchev–Trinajstić information content (AvgIpc) is 2.56. The van der Waals surface area contributed by atoms with E-state index in [-0.39, 0.29) is 22.8 Å². The van der Waals surface area contributed by atoms with Crippen molar-refractivity contribution in [2.45, 2.75) is 39.4 Å². The Morgan fingerprint density at radius 1 is 1.56 bits per heavy atom. The van der Waals surface area contributed by atoms with Gasteiger partial charge in [0, 0.05) is 6.54 Å². The zero-order chi connectivity index (χ0) is 13.9. The minimum Gasteiger partial charge on any atom is -0.481 e. The minimum absolute atomic E-state index is 0.0748. The molecule has 6 nitrogen and oxygen atoms in total. The number of rotatable bonds is 5. The second kappa shape index (κ2) is 5.60. The Hall–Kier alpha value is -1.24. The van der Waals surface area contributed by atoms with Gasteiger partial charge in [-0.1, -0.05) is 39.5 Å². The van der Waals surface area contributed by atoms with Crippen LogP contribution in [0.5, 0.6) is 0 Å². The lowest BCUT2D eigenvalue weighted by molar-refractivity contribution is -0.133. The number of aliphatic carboxylic acids is 1. The first-order valence-electron chi connectivity index (χ1n) is 5.71. The summed E-state index contributed by atoms with van der Waals surface area (Å²) in [5, 5.41) is 15.3. The first-order chi connectivity index (χ1) is 8.21. The van der Waals surface area contributed by atoms with Gasteiger partial charge in [-0.05, 0) is 11.3 Å². The second-order valence-corrected chi connectivity index (χ2v) is 6.31. The number of nitrogens with one attached hydrogen (secondary N) is 1. The Bertz CT molecular complexity index is 473. The van der Waals surface area contributed by atoms with Crippen molar-refractivity contribution in [1.82, 2.24) is 14.8 Å². The molecule has 0 bridgehead atoms. The fraction of sp³-hybridized carbons (Fsp3) is 0.727. The molecule has 0 aliphatic rings. The normalized spacial score (nSPS) is 13.6. The first kappa shape index (κ1) is 14.8. The van der Waals surface area contributed by atoms with Gasteiger partial charge in [0.05, 0.1) is 5.75 Å². The summed E-state index contributed by atoms with van der Waals surface area (Å²) in [6, 6.07) is 0. The fourth-order valence-electron chi connectivity index (χ4n) is 1.25. The number of H-pyrrole nitrogens is 1. The van der Waals surface area contributed by atoms with E-state index in [9.17, 15) is 9.59 Å². The molecular weight excluding hydrogens is 254 g/mol. The molecule has 18 heavy (non-hydrogen) atoms. The van der Waals surface area contributed by atoms with Crippen LogP contribution in [0.2, 0.25) is 0 Å². The molecule has 102 valence electrons. The van der Waals surface area contributed by atoms with Gasteiger partial charge in [0.1, 0.15) is 0 Å². The van der Waals surface area contributed by atoms with Gasteiger partial charge < -0.3 is 5.11 Å². The zero-order valence-electron chi connectivity index (χ0n) is 11.1. The quantitative estimate of drug-likeness (QED) is 0.792. The van der Waals surface area contributed by atoms with Crippen LogP contribution in [-0.2, 0) is 11.3 Å². The Labute approximate surface area is 110 Å². The highest BCUT2D eigenvalue weighted by molar-refractivity contribution is 7.99. The number of hydrogen-bond acceptors (Lipinski definition) is 4. The maximum absolute atomic E-state index is 11.6. The molecule has 0 aliphatic carbocycles. The Kier molecular flexibility index (Phi) is 4.61. The second-order valence-electron chi connectivity index (χ2n) is 5.37. The van der Waals surface area contributed by atoms with Gasteiger partial charge in [0.25, 0.3) is 0 Å². The third-order valence-corrected chi connectivity index (χ3v) is 3.94. The van der Waals surface area contributed by atoms with E-state index in [1.54, 1.807) is 0 Å². The predicted molar refractivity (Wildman–Crippen MR) is 69.8 cm³/mol. The molecule has 1 atom stereocenters. The van der Waals surface area contributed by atoms with Crippen molar-refractivity contribution in [2.75, 3.05) is 5.75 Å². The van der Waals surface area contributed by atoms with Crippen molar-refractivity contribution < 1.29 is 9.90 Å². The summed E-state index contributed by atoms with van der Waals surface area (Å²) in [6.45, 7) is 8.90. The molecule has 1 heterocycles. The maximum Gasteiger partial charge on any atom is 0.343 e. The van der Waals surface area contributed by atoms with Crippen LogP contribution in [0.4, 0.5) is 0 Å². The van der Waals surface area contributed by atoms with Crippen molar-refractivity contribution in [3.05, 3.63) is 10.5 Å². The summed E-state index contributed by atoms with van der Waals surface area (Å²) in [5.41, 5.74) is -0.218. The topological polar surface area (TPSA) is 88.0 Å². The van der Waals surface area contributed by atoms with E-state index in [1.165, 1.54) is 4.57 Å². The van der Waals surface area contributed by atoms with Crippen LogP contribution < -0.4 is 5.69 Å². The van der Waals surface area contributed by atoms with Crippen LogP contribution in [0.3, 0.4) is 0 Å². The minimum atomic E-state index is -0.925. The largest absolute Gasteiger partial charge is 0.481 e. The van der Waals surface area contributed by atoms with Gasteiger partial charge in [-0.2, -0.15) is 0 Å². The lowest BCUT2D eigenvalue weighted by atomic mass is 9.82. The highest BCUT2D eigenvalue weighted by Gasteiger charge is 2.22. The van der Waals surface area contributed by atoms with Gasteiger partial charge in [0.2, 0.25) is 0 Å². The molecule has 0 aromatic carbocycles. The van der Waals surface area contributed by atoms with Gasteiger partial charge in [0.15, 0.2) is 5.16 Å². The molecule has 0 spiro atoms. The van der Waals surface area contributed by atoms with E-state index in [0.29, 0.717) is 11.7 Å². The smallest absolute Gasteiger partial charge is 0.343 e. The number of nitrogens with zero attached hydrogens (tertiary/aromatic N) is 2. The van der Waals surface area contributed by atoms with Crippen molar-refractivity contribution in [2.24, 2.45) is 11.3 Å². The van der Waals surface area contributed by atoms with Crippen LogP contribution in [0.15, 0.2) is 9.95 Å². The number of thioether (sulfide) groups is 1. The zero-order valence-corrected chi connectivity index (χ0v) is 11.9. The average molecular weight is 273 g/mol. The van der Waals surface area contributed by atoms with Crippen LogP contribution in [0.1, 0.15) is 27.7 Å². The molecule has 0 radical (unpaired) electrons. The van der Waals surface area contributed by atoms with E-state index >= 15 is 0 Å². The molecule has 7 heteroatoms. The molecule has 1 aromatic heterocycles. The summed E-state index contributed by atoms with van der Waals surface area (Å²) in [4.78, 5) is 22.2. The third-order valence-electron chi connectivity index (χ3n) is 2.98. The molecule has 1 rings (SSSR count). The van der Waals surface area contributed by atoms with E-state index < -0.39 is 5.97 Å². The molecule has 1 unspecified atom stereocenters. The van der Waals surface area contributed by atoms with Crippen molar-refractivity contribution in [3.63, 3.8) is 0 Å². The number of aromatic amines is 1. The van der Waals surface area contributed by atoms with Gasteiger partial charge in [-0.25, -0.2) is 9.89 Å². The molecule has 1 aromatic rings. The Morgan fingerprint density at radius 3 is 2.67 bits per heavy atom. The number of aromatic nitrogens is 3. The van der Waals surface area contributed by atoms with Crippen LogP contribution in [0.25, 0.3) is 0 Å². The third kappa shape index (κ3) is 3.90. The molecule has 0 fully saturated rings. The van der Waals surface area contributed by atoms with E-state index in [1.807, 2.05) is 0 Å². The van der Waals surface area contributed by atoms with E-state index in [4.69, 9.17) is 5.11 Å². The molecule has 0 saturated heterocycles. The van der Waals surface area contributed by atoms with E-state index in [2.05, 4.69) is 37.9 Å². The standard InChI is InChI=1S/C11H19N3O3S/c1-7(11(2,3)4)5-14-9(17)12-13-10(14)18-6-8(15)16/h7H,5-6H2,1-4H3,(H,12,17)(H,15,16). The number of carbonyl (C=O) groups is 1. The predicted octanol–water partition coefficient (Wildman–Crippen LogP) is 1.43. The summed E-state index contributed by atoms with van der Waals surface area (Å²) >= 11 is 1.05. The van der Waals surface area contributed by atoms with Gasteiger partial charge in [-0.15, -0.1) is 5.10 Å². The number of carboxylic acid groups (broad SMARTS) is 1. The lowest BCUT2D eigenvalue weighted by Gasteiger charge is -2.27. The number of carboxylic acids is 1. The van der Waals surface area contributed by atoms with Gasteiger partial charge in [-0.3, -0.25) is 9.36 Å². The fourth-order valence-corrected chi connectivity index (χ4v) is 1.92. The molecule has 2 N–H and O–H groups in total. The van der Waals surface area contributed by atoms with Crippen LogP contribution in [0, 0.1) is 11.3 Å². The summed E-state index contributed by atoms with van der Waals surface area (Å²) in [6.07, 6.45) is 0. The maximum atomic E-state index is 11.6. The summed E-state index contributed by atoms with van der Waals surface area (Å²) in [5.74, 6) is -0.753. The van der Waals surface area contributed by atoms with Crippen LogP contribution in [-0.4, -0.2) is 31.6 Å². The van der Waals surface area contributed by atoms with Crippen molar-refractivity contribution in [1.29, 1.82) is 0 Å². The van der Waals surface area contributed by atoms with Crippen molar-refractivity contribution >= 4 is 17.7 Å². The highest BCUT2D eigenvalue weighted by atomic mass is 32.2. The SMILES string of the molecule is CC(Cn1c(SCC(=O)O)n[nH]c1=O)C(C)(C)C. The van der Waals surface area contributed by atoms with Crippen LogP contribution >= 0.6 is 11.8 Å². The molecule has 0 aliphatic heterocycles. The molecular formula is C11H19N3O3S. The Balaban J connectivity index is 2.85. The molecule has 0 saturated carbocycles. The lowest BCUT2D eigenvalue weighted by Crippen LogP contribution is -2.28. The monoisotopic (exact) mass is 273 g/mol. The van der Waals surface area contributed by atoms with Gasteiger partial charge >= 0.3 is 11.7 Å². The Morgan fingerprint density at radius 2 is 2.17 bits per heavy atom. The van der Waals surface area contributed by atoms with E-state index in [0.717, 1.165) is 11.8 Å². The van der Waals surface area contributed by atoms with Crippen molar-refractivity contribution in [3.8, 4) is 0 Å². The summed E-state index contributed by atoms with van der Waals surface area (Å²) < 4.78 is 1.50. The molecule has 0 amide bonds.